The van der Waals surface area contributed by atoms with Gasteiger partial charge in [0.2, 0.25) is 0 Å². The molecule has 2 aromatic rings. The van der Waals surface area contributed by atoms with Crippen LogP contribution in [-0.4, -0.2) is 32.4 Å². The number of phenols is 3. The van der Waals surface area contributed by atoms with Crippen LogP contribution in [-0.2, 0) is 0 Å². The molecule has 7 nitrogen and oxygen atoms in total. The number of carboxylic acid groups (broad SMARTS) is 1. The molecule has 0 amide bonds. The van der Waals surface area contributed by atoms with Gasteiger partial charge in [-0.15, -0.1) is 0 Å². The molecule has 0 aromatic heterocycles. The predicted octanol–water partition coefficient (Wildman–Crippen LogP) is 2.34. The van der Waals surface area contributed by atoms with Crippen LogP contribution in [0.25, 0.3) is 0 Å². The number of benzene rings is 2. The number of carboxylic acids is 1. The zero-order chi connectivity index (χ0) is 17.3. The van der Waals surface area contributed by atoms with Crippen molar-refractivity contribution in [1.29, 1.82) is 0 Å². The first-order valence-corrected chi connectivity index (χ1v) is 6.52. The van der Waals surface area contributed by atoms with Gasteiger partial charge in [-0.25, -0.2) is 9.59 Å². The van der Waals surface area contributed by atoms with E-state index in [9.17, 15) is 24.9 Å². The van der Waals surface area contributed by atoms with Crippen LogP contribution < -0.4 is 4.74 Å². The lowest BCUT2D eigenvalue weighted by Crippen LogP contribution is -2.10. The fraction of sp³-hybridized carbons (Fsp3) is 0.125. The van der Waals surface area contributed by atoms with Crippen LogP contribution in [0.4, 0.5) is 0 Å². The van der Waals surface area contributed by atoms with Crippen molar-refractivity contribution < 1.29 is 34.8 Å². The smallest absolute Gasteiger partial charge is 0.343 e. The van der Waals surface area contributed by atoms with Crippen molar-refractivity contribution in [2.75, 3.05) is 0 Å². The van der Waals surface area contributed by atoms with E-state index in [1.165, 1.54) is 26.0 Å². The van der Waals surface area contributed by atoms with Gasteiger partial charge in [0.1, 0.15) is 0 Å². The number of hydrogen-bond donors (Lipinski definition) is 4. The lowest BCUT2D eigenvalue weighted by Gasteiger charge is -2.11. The van der Waals surface area contributed by atoms with E-state index in [1.54, 1.807) is 0 Å². The Morgan fingerprint density at radius 3 is 1.96 bits per heavy atom. The Morgan fingerprint density at radius 2 is 1.43 bits per heavy atom. The topological polar surface area (TPSA) is 124 Å². The van der Waals surface area contributed by atoms with E-state index >= 15 is 0 Å². The van der Waals surface area contributed by atoms with Crippen LogP contribution in [0, 0.1) is 13.8 Å². The molecule has 0 aliphatic carbocycles. The average molecular weight is 318 g/mol. The quantitative estimate of drug-likeness (QED) is 0.389. The second-order valence-corrected chi connectivity index (χ2v) is 5.00. The maximum absolute atomic E-state index is 12.1. The molecule has 0 saturated carbocycles. The van der Waals surface area contributed by atoms with Crippen molar-refractivity contribution in [1.82, 2.24) is 0 Å². The molecule has 0 fully saturated rings. The minimum absolute atomic E-state index is 0.0288. The highest BCUT2D eigenvalue weighted by Crippen LogP contribution is 2.34. The summed E-state index contributed by atoms with van der Waals surface area (Å²) < 4.78 is 5.07. The molecule has 2 aromatic carbocycles. The monoisotopic (exact) mass is 318 g/mol. The molecule has 4 N–H and O–H groups in total. The summed E-state index contributed by atoms with van der Waals surface area (Å²) in [6, 6.07) is 4.57. The first-order valence-electron chi connectivity index (χ1n) is 6.52. The average Bonchev–Trinajstić information content (AvgIpc) is 2.47. The number of aromatic hydroxyl groups is 3. The van der Waals surface area contributed by atoms with E-state index in [-0.39, 0.29) is 33.8 Å². The van der Waals surface area contributed by atoms with Gasteiger partial charge < -0.3 is 25.2 Å². The number of rotatable bonds is 3. The van der Waals surface area contributed by atoms with Crippen molar-refractivity contribution >= 4 is 11.9 Å². The molecular formula is C16H14O7. The standard InChI is InChI=1S/C16H14O7/c1-7-3-10(6-11(17)13(7)19)16(22)23-14-8(2)4-9(15(20)21)5-12(14)18/h3-6,17-19H,1-2H3,(H,20,21). The third-order valence-corrected chi connectivity index (χ3v) is 3.21. The normalized spacial score (nSPS) is 10.3. The Balaban J connectivity index is 2.36. The van der Waals surface area contributed by atoms with Crippen molar-refractivity contribution in [2.45, 2.75) is 13.8 Å². The number of carbonyl (C=O) groups excluding carboxylic acids is 1. The van der Waals surface area contributed by atoms with Crippen LogP contribution in [0.3, 0.4) is 0 Å². The summed E-state index contributed by atoms with van der Waals surface area (Å²) in [5.74, 6) is -3.57. The van der Waals surface area contributed by atoms with E-state index in [2.05, 4.69) is 0 Å². The molecule has 0 saturated heterocycles. The molecule has 23 heavy (non-hydrogen) atoms. The number of esters is 1. The van der Waals surface area contributed by atoms with E-state index < -0.39 is 23.4 Å². The van der Waals surface area contributed by atoms with Crippen LogP contribution >= 0.6 is 0 Å². The lowest BCUT2D eigenvalue weighted by atomic mass is 10.1. The third-order valence-electron chi connectivity index (χ3n) is 3.21. The Labute approximate surface area is 131 Å². The van der Waals surface area contributed by atoms with Gasteiger partial charge in [0.25, 0.3) is 0 Å². The molecule has 0 aliphatic heterocycles. The molecule has 0 spiro atoms. The molecule has 0 unspecified atom stereocenters. The van der Waals surface area contributed by atoms with Crippen LogP contribution in [0.2, 0.25) is 0 Å². The third kappa shape index (κ3) is 3.18. The highest BCUT2D eigenvalue weighted by Gasteiger charge is 2.18. The molecule has 7 heteroatoms. The van der Waals surface area contributed by atoms with E-state index in [1.807, 2.05) is 0 Å². The van der Waals surface area contributed by atoms with Gasteiger partial charge in [0.05, 0.1) is 11.1 Å². The summed E-state index contributed by atoms with van der Waals surface area (Å²) in [7, 11) is 0. The van der Waals surface area contributed by atoms with Gasteiger partial charge in [-0.2, -0.15) is 0 Å². The summed E-state index contributed by atoms with van der Waals surface area (Å²) in [6.07, 6.45) is 0. The zero-order valence-corrected chi connectivity index (χ0v) is 12.3. The number of aromatic carboxylic acids is 1. The molecule has 2 rings (SSSR count). The first kappa shape index (κ1) is 16.2. The van der Waals surface area contributed by atoms with Crippen LogP contribution in [0.5, 0.6) is 23.0 Å². The van der Waals surface area contributed by atoms with E-state index in [0.29, 0.717) is 0 Å². The molecule has 120 valence electrons. The van der Waals surface area contributed by atoms with Gasteiger partial charge in [-0.05, 0) is 49.2 Å². The Kier molecular flexibility index (Phi) is 4.13. The minimum Gasteiger partial charge on any atom is -0.504 e. The number of hydrogen-bond acceptors (Lipinski definition) is 6. The highest BCUT2D eigenvalue weighted by molar-refractivity contribution is 5.93. The van der Waals surface area contributed by atoms with Crippen molar-refractivity contribution in [2.24, 2.45) is 0 Å². The van der Waals surface area contributed by atoms with E-state index in [4.69, 9.17) is 9.84 Å². The number of ether oxygens (including phenoxy) is 1. The number of carbonyl (C=O) groups is 2. The molecule has 0 atom stereocenters. The molecular weight excluding hydrogens is 304 g/mol. The maximum Gasteiger partial charge on any atom is 0.343 e. The molecule has 0 aliphatic rings. The fourth-order valence-corrected chi connectivity index (χ4v) is 2.04. The second-order valence-electron chi connectivity index (χ2n) is 5.00. The van der Waals surface area contributed by atoms with Gasteiger partial charge in [-0.3, -0.25) is 0 Å². The van der Waals surface area contributed by atoms with Crippen molar-refractivity contribution in [3.63, 3.8) is 0 Å². The van der Waals surface area contributed by atoms with Gasteiger partial charge in [0, 0.05) is 0 Å². The van der Waals surface area contributed by atoms with Crippen molar-refractivity contribution in [3.05, 3.63) is 46.5 Å². The Morgan fingerprint density at radius 1 is 0.870 bits per heavy atom. The highest BCUT2D eigenvalue weighted by atomic mass is 16.5. The largest absolute Gasteiger partial charge is 0.504 e. The summed E-state index contributed by atoms with van der Waals surface area (Å²) >= 11 is 0. The fourth-order valence-electron chi connectivity index (χ4n) is 2.04. The number of aryl methyl sites for hydroxylation is 2. The summed E-state index contributed by atoms with van der Waals surface area (Å²) in [5.41, 5.74) is 0.367. The SMILES string of the molecule is Cc1cc(C(=O)Oc2c(C)cc(C(=O)O)cc2O)cc(O)c1O. The minimum atomic E-state index is -1.22. The predicted molar refractivity (Wildman–Crippen MR) is 79.3 cm³/mol. The summed E-state index contributed by atoms with van der Waals surface area (Å²) in [5, 5.41) is 37.7. The first-order chi connectivity index (χ1) is 10.7. The zero-order valence-electron chi connectivity index (χ0n) is 12.3. The van der Waals surface area contributed by atoms with Gasteiger partial charge in [-0.1, -0.05) is 0 Å². The Bertz CT molecular complexity index is 762. The van der Waals surface area contributed by atoms with Gasteiger partial charge in [0.15, 0.2) is 23.0 Å². The maximum atomic E-state index is 12.1. The molecule has 0 bridgehead atoms. The van der Waals surface area contributed by atoms with Crippen LogP contribution in [0.1, 0.15) is 31.8 Å². The lowest BCUT2D eigenvalue weighted by molar-refractivity contribution is 0.0696. The summed E-state index contributed by atoms with van der Waals surface area (Å²) in [6.45, 7) is 2.98. The number of phenolic OH excluding ortho intramolecular Hbond substituents is 3. The Hall–Kier alpha value is -3.22. The van der Waals surface area contributed by atoms with Crippen LogP contribution in [0.15, 0.2) is 24.3 Å². The van der Waals surface area contributed by atoms with Crippen molar-refractivity contribution in [3.8, 4) is 23.0 Å². The molecule has 0 radical (unpaired) electrons. The second kappa shape index (κ2) is 5.88. The summed E-state index contributed by atoms with van der Waals surface area (Å²) in [4.78, 5) is 23.0. The van der Waals surface area contributed by atoms with Gasteiger partial charge >= 0.3 is 11.9 Å². The molecule has 0 heterocycles. The van der Waals surface area contributed by atoms with E-state index in [0.717, 1.165) is 12.1 Å².